The molecule has 23 heavy (non-hydrogen) atoms. The number of fused-ring (bicyclic) bond motifs is 1. The third-order valence-electron chi connectivity index (χ3n) is 3.15. The lowest BCUT2D eigenvalue weighted by Gasteiger charge is -2.12. The van der Waals surface area contributed by atoms with Crippen molar-refractivity contribution in [3.63, 3.8) is 0 Å². The molecule has 0 bridgehead atoms. The minimum Gasteiger partial charge on any atom is -0.390 e. The Balaban J connectivity index is 1.91. The van der Waals surface area contributed by atoms with Gasteiger partial charge in [0.25, 0.3) is 0 Å². The van der Waals surface area contributed by atoms with Gasteiger partial charge in [-0.25, -0.2) is 4.79 Å². The fourth-order valence-electron chi connectivity index (χ4n) is 2.02. The Bertz CT molecular complexity index is 844. The quantitative estimate of drug-likeness (QED) is 0.796. The number of rotatable bonds is 3. The number of anilines is 2. The number of para-hydroxylation sites is 1. The zero-order valence-electron chi connectivity index (χ0n) is 13.0. The molecule has 8 nitrogen and oxygen atoms in total. The number of benzene rings is 1. The highest BCUT2D eigenvalue weighted by molar-refractivity contribution is 5.89. The summed E-state index contributed by atoms with van der Waals surface area (Å²) in [6.45, 7) is 0. The molecule has 0 radical (unpaired) electrons. The molecular weight excluding hydrogens is 296 g/mol. The fraction of sp³-hybridized carbons (Fsp3) is 0.200. The molecule has 0 spiro atoms. The molecule has 0 saturated heterocycles. The molecule has 0 aliphatic carbocycles. The van der Waals surface area contributed by atoms with Crippen LogP contribution in [0.2, 0.25) is 0 Å². The number of carbonyl (C=O) groups is 1. The van der Waals surface area contributed by atoms with Gasteiger partial charge in [-0.1, -0.05) is 18.2 Å². The minimum absolute atomic E-state index is 0.167. The van der Waals surface area contributed by atoms with Crippen LogP contribution in [0, 0.1) is 0 Å². The van der Waals surface area contributed by atoms with Crippen molar-refractivity contribution in [2.75, 3.05) is 24.3 Å². The summed E-state index contributed by atoms with van der Waals surface area (Å²) in [5.41, 5.74) is 1.23. The second-order valence-electron chi connectivity index (χ2n) is 5.11. The molecule has 0 unspecified atom stereocenters. The van der Waals surface area contributed by atoms with Gasteiger partial charge >= 0.3 is 6.09 Å². The number of amides is 1. The molecule has 0 fully saturated rings. The molecule has 3 rings (SSSR count). The second-order valence-corrected chi connectivity index (χ2v) is 5.11. The fourth-order valence-corrected chi connectivity index (χ4v) is 2.02. The molecule has 2 aromatic heterocycles. The molecule has 0 aliphatic rings. The zero-order chi connectivity index (χ0) is 16.4. The number of ether oxygens (including phenoxy) is 1. The maximum absolute atomic E-state index is 12.1. The normalized spacial score (nSPS) is 10.6. The maximum atomic E-state index is 12.1. The van der Waals surface area contributed by atoms with Gasteiger partial charge in [-0.2, -0.15) is 15.1 Å². The number of nitrogens with one attached hydrogen (secondary N) is 1. The first-order valence-electron chi connectivity index (χ1n) is 6.95. The van der Waals surface area contributed by atoms with E-state index in [0.29, 0.717) is 22.7 Å². The first-order valence-corrected chi connectivity index (χ1v) is 6.95. The summed E-state index contributed by atoms with van der Waals surface area (Å²) in [6.07, 6.45) is 0.949. The second kappa shape index (κ2) is 5.91. The Morgan fingerprint density at radius 3 is 2.65 bits per heavy atom. The Kier molecular flexibility index (Phi) is 3.80. The highest BCUT2D eigenvalue weighted by Gasteiger charge is 2.16. The molecule has 0 saturated carbocycles. The summed E-state index contributed by atoms with van der Waals surface area (Å²) in [5.74, 6) is 0.601. The first-order chi connectivity index (χ1) is 11.0. The van der Waals surface area contributed by atoms with Crippen LogP contribution in [0.4, 0.5) is 16.4 Å². The lowest BCUT2D eigenvalue weighted by molar-refractivity contribution is 0.214. The number of aromatic nitrogens is 4. The molecule has 8 heteroatoms. The van der Waals surface area contributed by atoms with Gasteiger partial charge in [0.2, 0.25) is 11.8 Å². The summed E-state index contributed by atoms with van der Waals surface area (Å²) >= 11 is 0. The standard InChI is InChI=1S/C15H16N6O2/c1-20(2)14-18-12-11(9-16-21(12)3)13(19-14)23-15(22)17-10-7-5-4-6-8-10/h4-9H,1-3H3,(H,17,22). The molecule has 1 N–H and O–H groups in total. The molecule has 1 amide bonds. The van der Waals surface area contributed by atoms with Crippen LogP contribution in [0.15, 0.2) is 36.5 Å². The third kappa shape index (κ3) is 3.05. The Morgan fingerprint density at radius 2 is 1.96 bits per heavy atom. The lowest BCUT2D eigenvalue weighted by Crippen LogP contribution is -2.19. The van der Waals surface area contributed by atoms with Gasteiger partial charge < -0.3 is 9.64 Å². The van der Waals surface area contributed by atoms with E-state index >= 15 is 0 Å². The Morgan fingerprint density at radius 1 is 1.22 bits per heavy atom. The van der Waals surface area contributed by atoms with E-state index in [-0.39, 0.29) is 5.88 Å². The van der Waals surface area contributed by atoms with Crippen molar-refractivity contribution in [1.82, 2.24) is 19.7 Å². The Labute approximate surface area is 132 Å². The van der Waals surface area contributed by atoms with Crippen molar-refractivity contribution in [3.05, 3.63) is 36.5 Å². The number of hydrogen-bond donors (Lipinski definition) is 1. The van der Waals surface area contributed by atoms with E-state index in [1.165, 1.54) is 0 Å². The predicted molar refractivity (Wildman–Crippen MR) is 86.7 cm³/mol. The molecule has 2 heterocycles. The van der Waals surface area contributed by atoms with Crippen LogP contribution in [0.1, 0.15) is 0 Å². The first kappa shape index (κ1) is 14.8. The van der Waals surface area contributed by atoms with Gasteiger partial charge in [0.15, 0.2) is 5.65 Å². The van der Waals surface area contributed by atoms with Crippen molar-refractivity contribution in [2.24, 2.45) is 7.05 Å². The Hall–Kier alpha value is -3.16. The topological polar surface area (TPSA) is 85.2 Å². The molecular formula is C15H16N6O2. The highest BCUT2D eigenvalue weighted by Crippen LogP contribution is 2.24. The summed E-state index contributed by atoms with van der Waals surface area (Å²) in [7, 11) is 5.39. The van der Waals surface area contributed by atoms with Gasteiger partial charge in [-0.05, 0) is 12.1 Å². The van der Waals surface area contributed by atoms with Gasteiger partial charge in [-0.15, -0.1) is 0 Å². The van der Waals surface area contributed by atoms with Crippen LogP contribution in [0.5, 0.6) is 5.88 Å². The highest BCUT2D eigenvalue weighted by atomic mass is 16.6. The van der Waals surface area contributed by atoms with Crippen LogP contribution < -0.4 is 15.0 Å². The largest absolute Gasteiger partial charge is 0.418 e. The van der Waals surface area contributed by atoms with Crippen LogP contribution in [0.3, 0.4) is 0 Å². The van der Waals surface area contributed by atoms with Crippen molar-refractivity contribution in [2.45, 2.75) is 0 Å². The van der Waals surface area contributed by atoms with E-state index in [4.69, 9.17) is 4.74 Å². The van der Waals surface area contributed by atoms with E-state index in [1.807, 2.05) is 32.3 Å². The number of carbonyl (C=O) groups excluding carboxylic acids is 1. The van der Waals surface area contributed by atoms with Crippen LogP contribution >= 0.6 is 0 Å². The summed E-state index contributed by atoms with van der Waals surface area (Å²) in [4.78, 5) is 22.5. The average Bonchev–Trinajstić information content (AvgIpc) is 2.90. The summed E-state index contributed by atoms with van der Waals surface area (Å²) in [5, 5.41) is 7.35. The van der Waals surface area contributed by atoms with Crippen LogP contribution in [-0.2, 0) is 7.05 Å². The number of aryl methyl sites for hydroxylation is 1. The van der Waals surface area contributed by atoms with Crippen molar-refractivity contribution < 1.29 is 9.53 Å². The van der Waals surface area contributed by atoms with E-state index in [0.717, 1.165) is 0 Å². The smallest absolute Gasteiger partial charge is 0.390 e. The lowest BCUT2D eigenvalue weighted by atomic mass is 10.3. The van der Waals surface area contributed by atoms with Gasteiger partial charge in [0.05, 0.1) is 6.20 Å². The minimum atomic E-state index is -0.621. The van der Waals surface area contributed by atoms with Crippen molar-refractivity contribution in [3.8, 4) is 5.88 Å². The number of hydrogen-bond acceptors (Lipinski definition) is 6. The van der Waals surface area contributed by atoms with Gasteiger partial charge in [0, 0.05) is 26.8 Å². The molecule has 3 aromatic rings. The number of nitrogens with zero attached hydrogens (tertiary/aromatic N) is 5. The monoisotopic (exact) mass is 312 g/mol. The molecule has 1 aromatic carbocycles. The maximum Gasteiger partial charge on any atom is 0.418 e. The van der Waals surface area contributed by atoms with Crippen LogP contribution in [-0.4, -0.2) is 39.9 Å². The molecule has 0 atom stereocenters. The molecule has 118 valence electrons. The molecule has 0 aliphatic heterocycles. The van der Waals surface area contributed by atoms with E-state index in [2.05, 4.69) is 20.4 Å². The summed E-state index contributed by atoms with van der Waals surface area (Å²) < 4.78 is 6.96. The van der Waals surface area contributed by atoms with E-state index in [9.17, 15) is 4.79 Å². The van der Waals surface area contributed by atoms with Crippen molar-refractivity contribution in [1.29, 1.82) is 0 Å². The SMILES string of the molecule is CN(C)c1nc(OC(=O)Nc2ccccc2)c2cnn(C)c2n1. The van der Waals surface area contributed by atoms with Crippen molar-refractivity contribution >= 4 is 28.8 Å². The average molecular weight is 312 g/mol. The summed E-state index contributed by atoms with van der Waals surface area (Å²) in [6, 6.07) is 9.05. The van der Waals surface area contributed by atoms with Gasteiger partial charge in [0.1, 0.15) is 5.39 Å². The van der Waals surface area contributed by atoms with E-state index in [1.54, 1.807) is 35.0 Å². The predicted octanol–water partition coefficient (Wildman–Crippen LogP) is 2.04. The van der Waals surface area contributed by atoms with Crippen LogP contribution in [0.25, 0.3) is 11.0 Å². The van der Waals surface area contributed by atoms with Gasteiger partial charge in [-0.3, -0.25) is 10.00 Å². The van der Waals surface area contributed by atoms with E-state index < -0.39 is 6.09 Å². The zero-order valence-corrected chi connectivity index (χ0v) is 13.0. The third-order valence-corrected chi connectivity index (χ3v) is 3.15.